The Morgan fingerprint density at radius 1 is 0.500 bits per heavy atom. The van der Waals surface area contributed by atoms with Crippen molar-refractivity contribution in [1.82, 2.24) is 0 Å². The van der Waals surface area contributed by atoms with Crippen molar-refractivity contribution in [3.63, 3.8) is 0 Å². The van der Waals surface area contributed by atoms with Gasteiger partial charge in [-0.1, -0.05) is 0 Å². The van der Waals surface area contributed by atoms with Gasteiger partial charge in [-0.25, -0.2) is 0 Å². The summed E-state index contributed by atoms with van der Waals surface area (Å²) in [6.07, 6.45) is 2.07. The monoisotopic (exact) mass is 790 g/mol. The number of hydrogen-bond donors (Lipinski definition) is 0. The molecule has 0 aliphatic heterocycles. The van der Waals surface area contributed by atoms with Gasteiger partial charge in [-0.2, -0.15) is 0 Å². The molecular formula is C46H50Cl2SiZr. The zero-order chi connectivity index (χ0) is 36.1. The van der Waals surface area contributed by atoms with Crippen LogP contribution in [0.5, 0.6) is 0 Å². The van der Waals surface area contributed by atoms with Crippen LogP contribution in [0.15, 0.2) is 97.1 Å². The summed E-state index contributed by atoms with van der Waals surface area (Å²) in [6.45, 7) is 23.2. The van der Waals surface area contributed by atoms with Crippen molar-refractivity contribution in [2.24, 2.45) is 0 Å². The van der Waals surface area contributed by atoms with Crippen molar-refractivity contribution < 1.29 is 20.4 Å². The third kappa shape index (κ3) is 7.00. The average Bonchev–Trinajstić information content (AvgIpc) is 3.39. The zero-order valence-electron chi connectivity index (χ0n) is 31.4. The van der Waals surface area contributed by atoms with E-state index in [0.717, 1.165) is 22.9 Å². The molecule has 0 aromatic heterocycles. The normalized spacial score (nSPS) is 12.2. The molecule has 0 unspecified atom stereocenters. The first kappa shape index (κ1) is 37.3. The van der Waals surface area contributed by atoms with Gasteiger partial charge in [0.2, 0.25) is 0 Å². The number of rotatable bonds is 6. The summed E-state index contributed by atoms with van der Waals surface area (Å²) in [5.74, 6) is 0. The number of benzene rings is 2. The fourth-order valence-electron chi connectivity index (χ4n) is 7.70. The molecular weight excluding hydrogens is 743 g/mol. The Bertz CT molecular complexity index is 2040. The second-order valence-electron chi connectivity index (χ2n) is 16.0. The van der Waals surface area contributed by atoms with Crippen LogP contribution >= 0.6 is 23.2 Å². The van der Waals surface area contributed by atoms with E-state index in [9.17, 15) is 0 Å². The fourth-order valence-corrected chi connectivity index (χ4v) is 26.3. The molecule has 256 valence electrons. The molecule has 0 heterocycles. The summed E-state index contributed by atoms with van der Waals surface area (Å²) in [4.78, 5) is 0. The zero-order valence-corrected chi connectivity index (χ0v) is 36.4. The molecule has 2 aromatic rings. The first-order chi connectivity index (χ1) is 23.6. The molecule has 0 saturated heterocycles. The minimum absolute atomic E-state index is 0.00506. The number of aryl methyl sites for hydroxylation is 2. The summed E-state index contributed by atoms with van der Waals surface area (Å²) in [5.41, 5.74) is 15.3. The fraction of sp³-hybridized carbons (Fsp3) is 0.304. The maximum atomic E-state index is 6.97. The van der Waals surface area contributed by atoms with Gasteiger partial charge in [0, 0.05) is 0 Å². The second kappa shape index (κ2) is 14.5. The molecule has 2 aromatic carbocycles. The van der Waals surface area contributed by atoms with Crippen LogP contribution in [-0.4, -0.2) is 5.43 Å². The molecule has 0 atom stereocenters. The second-order valence-corrected chi connectivity index (χ2v) is 33.4. The van der Waals surface area contributed by atoms with Crippen LogP contribution < -0.4 is 6.54 Å². The number of hydrogen-bond acceptors (Lipinski definition) is 0. The van der Waals surface area contributed by atoms with Crippen LogP contribution in [0.3, 0.4) is 0 Å². The van der Waals surface area contributed by atoms with E-state index in [-0.39, 0.29) is 10.8 Å². The van der Waals surface area contributed by atoms with Crippen LogP contribution in [0, 0.1) is 0 Å². The topological polar surface area (TPSA) is 0 Å². The van der Waals surface area contributed by atoms with Crippen molar-refractivity contribution in [1.29, 1.82) is 0 Å². The van der Waals surface area contributed by atoms with Gasteiger partial charge in [0.05, 0.1) is 0 Å². The van der Waals surface area contributed by atoms with Crippen LogP contribution in [0.25, 0.3) is 44.5 Å². The van der Waals surface area contributed by atoms with E-state index < -0.39 is 25.8 Å². The van der Waals surface area contributed by atoms with E-state index in [4.69, 9.17) is 23.2 Å². The molecule has 4 aliphatic carbocycles. The first-order valence-corrected chi connectivity index (χ1v) is 27.4. The molecule has 6 rings (SSSR count). The molecule has 0 bridgehead atoms. The van der Waals surface area contributed by atoms with E-state index in [2.05, 4.69) is 166 Å². The van der Waals surface area contributed by atoms with Crippen molar-refractivity contribution >= 4 is 35.2 Å². The van der Waals surface area contributed by atoms with Gasteiger partial charge in [-0.05, 0) is 0 Å². The molecule has 0 amide bonds. The van der Waals surface area contributed by atoms with Crippen LogP contribution in [0.2, 0.25) is 23.1 Å². The van der Waals surface area contributed by atoms with Gasteiger partial charge in [0.1, 0.15) is 0 Å². The minimum atomic E-state index is -2.50. The SMILES string of the molecule is CCc1cc2c(-c3ccc(C(C)(C)C)c(Cl)c3)ccccc-2[c]1[Zr]([c]1c(CC)cc2c(-c3ccc(C(C)(C)C)c(Cl)c3)ccccc1-2)=[Si](C)C. The van der Waals surface area contributed by atoms with Crippen LogP contribution in [0.1, 0.15) is 77.6 Å². The van der Waals surface area contributed by atoms with E-state index in [1.54, 1.807) is 6.54 Å². The average molecular weight is 793 g/mol. The van der Waals surface area contributed by atoms with Crippen molar-refractivity contribution in [3.05, 3.63) is 129 Å². The van der Waals surface area contributed by atoms with E-state index >= 15 is 0 Å². The molecule has 0 saturated carbocycles. The molecule has 4 aliphatic rings. The van der Waals surface area contributed by atoms with Crippen molar-refractivity contribution in [3.8, 4) is 44.5 Å². The summed E-state index contributed by atoms with van der Waals surface area (Å²) < 4.78 is 3.40. The van der Waals surface area contributed by atoms with E-state index in [1.165, 1.54) is 66.8 Å². The third-order valence-electron chi connectivity index (χ3n) is 10.2. The van der Waals surface area contributed by atoms with Crippen molar-refractivity contribution in [2.45, 2.75) is 92.2 Å². The Labute approximate surface area is 319 Å². The Kier molecular flexibility index (Phi) is 10.8. The standard InChI is InChI=1S/2C22H22Cl.C2H6Si.Zr/c2*1-5-15-12-16-8-6-7-9-18(19(16)13-15)17-10-11-20(21(23)14-17)22(2,3)4;1-3-2;/h2*6-11,13-14H,5H2,1-4H3;1-2H3;. The van der Waals surface area contributed by atoms with Crippen LogP contribution in [0.4, 0.5) is 0 Å². The van der Waals surface area contributed by atoms with Gasteiger partial charge in [0.15, 0.2) is 0 Å². The van der Waals surface area contributed by atoms with Gasteiger partial charge in [-0.15, -0.1) is 0 Å². The van der Waals surface area contributed by atoms with Gasteiger partial charge >= 0.3 is 322 Å². The Morgan fingerprint density at radius 2 is 0.860 bits per heavy atom. The quantitative estimate of drug-likeness (QED) is 0.147. The molecule has 0 fully saturated rings. The molecule has 0 nitrogen and oxygen atoms in total. The summed E-state index contributed by atoms with van der Waals surface area (Å²) >= 11 is 11.4. The van der Waals surface area contributed by atoms with Gasteiger partial charge in [0.25, 0.3) is 0 Å². The molecule has 50 heavy (non-hydrogen) atoms. The summed E-state index contributed by atoms with van der Waals surface area (Å²) in [7, 11) is 0. The maximum absolute atomic E-state index is 6.97. The van der Waals surface area contributed by atoms with E-state index in [0.29, 0.717) is 0 Å². The predicted molar refractivity (Wildman–Crippen MR) is 220 cm³/mol. The third-order valence-corrected chi connectivity index (χ3v) is 27.5. The molecule has 0 spiro atoms. The predicted octanol–water partition coefficient (Wildman–Crippen LogP) is 13.1. The van der Waals surface area contributed by atoms with Gasteiger partial charge in [-0.3, -0.25) is 0 Å². The molecule has 0 N–H and O–H groups in total. The number of fused-ring (bicyclic) bond motifs is 2. The Hall–Kier alpha value is -2.48. The Balaban J connectivity index is 1.56. The summed E-state index contributed by atoms with van der Waals surface area (Å²) in [6, 6.07) is 36.8. The number of halogens is 2. The van der Waals surface area contributed by atoms with Crippen molar-refractivity contribution in [2.75, 3.05) is 0 Å². The molecule has 0 radical (unpaired) electrons. The molecule has 4 heteroatoms. The summed E-state index contributed by atoms with van der Waals surface area (Å²) in [5, 5.41) is 1.68. The van der Waals surface area contributed by atoms with Gasteiger partial charge < -0.3 is 0 Å². The van der Waals surface area contributed by atoms with Crippen LogP contribution in [-0.2, 0) is 44.0 Å². The first-order valence-electron chi connectivity index (χ1n) is 18.0. The Morgan fingerprint density at radius 3 is 1.16 bits per heavy atom. The van der Waals surface area contributed by atoms with E-state index in [1.807, 2.05) is 0 Å².